The highest BCUT2D eigenvalue weighted by Gasteiger charge is 2.25. The molecule has 3 nitrogen and oxygen atoms in total. The summed E-state index contributed by atoms with van der Waals surface area (Å²) in [7, 11) is 0. The Hall–Kier alpha value is -2.07. The first-order valence-corrected chi connectivity index (χ1v) is 7.99. The maximum atomic E-state index is 13.9. The van der Waals surface area contributed by atoms with Gasteiger partial charge in [0.25, 0.3) is 5.91 Å². The van der Waals surface area contributed by atoms with Gasteiger partial charge in [-0.05, 0) is 31.2 Å². The number of benzene rings is 2. The Balaban J connectivity index is 1.69. The Labute approximate surface area is 140 Å². The van der Waals surface area contributed by atoms with Crippen LogP contribution in [0.1, 0.15) is 15.9 Å². The molecule has 1 saturated heterocycles. The van der Waals surface area contributed by atoms with Crippen LogP contribution < -0.4 is 4.90 Å². The number of aryl methyl sites for hydroxylation is 1. The zero-order valence-electron chi connectivity index (χ0n) is 12.9. The van der Waals surface area contributed by atoms with Gasteiger partial charge < -0.3 is 9.80 Å². The number of piperazine rings is 1. The Morgan fingerprint density at radius 2 is 1.70 bits per heavy atom. The minimum Gasteiger partial charge on any atom is -0.368 e. The highest BCUT2D eigenvalue weighted by atomic mass is 35.5. The number of hydrogen-bond acceptors (Lipinski definition) is 2. The van der Waals surface area contributed by atoms with Crippen LogP contribution in [0, 0.1) is 12.7 Å². The molecule has 23 heavy (non-hydrogen) atoms. The molecule has 0 unspecified atom stereocenters. The summed E-state index contributed by atoms with van der Waals surface area (Å²) >= 11 is 5.99. The van der Waals surface area contributed by atoms with Crippen molar-refractivity contribution in [1.82, 2.24) is 4.90 Å². The fourth-order valence-corrected chi connectivity index (χ4v) is 3.03. The minimum atomic E-state index is -0.566. The molecule has 0 aliphatic carbocycles. The van der Waals surface area contributed by atoms with E-state index in [9.17, 15) is 9.18 Å². The van der Waals surface area contributed by atoms with Gasteiger partial charge in [0, 0.05) is 31.9 Å². The molecule has 1 fully saturated rings. The predicted octanol–water partition coefficient (Wildman–Crippen LogP) is 3.75. The van der Waals surface area contributed by atoms with Crippen LogP contribution in [0.2, 0.25) is 5.02 Å². The molecular formula is C18H18ClFN2O. The van der Waals surface area contributed by atoms with Gasteiger partial charge in [-0.2, -0.15) is 0 Å². The van der Waals surface area contributed by atoms with Gasteiger partial charge in [0.15, 0.2) is 0 Å². The summed E-state index contributed by atoms with van der Waals surface area (Å²) in [4.78, 5) is 16.4. The molecule has 0 N–H and O–H groups in total. The molecule has 1 aliphatic rings. The fraction of sp³-hybridized carbons (Fsp3) is 0.278. The van der Waals surface area contributed by atoms with Gasteiger partial charge in [-0.15, -0.1) is 0 Å². The summed E-state index contributed by atoms with van der Waals surface area (Å²) in [5, 5.41) is 0.163. The third-order valence-corrected chi connectivity index (χ3v) is 4.46. The molecule has 3 rings (SSSR count). The molecule has 0 spiro atoms. The SMILES string of the molecule is Cc1ccc(N2CCN(C(=O)c3c(F)cccc3Cl)CC2)cc1. The molecule has 2 aromatic carbocycles. The van der Waals surface area contributed by atoms with Gasteiger partial charge in [-0.3, -0.25) is 4.79 Å². The van der Waals surface area contributed by atoms with E-state index in [1.807, 2.05) is 0 Å². The van der Waals surface area contributed by atoms with Crippen molar-refractivity contribution in [2.75, 3.05) is 31.1 Å². The number of carbonyl (C=O) groups is 1. The monoisotopic (exact) mass is 332 g/mol. The van der Waals surface area contributed by atoms with Crippen LogP contribution in [0.25, 0.3) is 0 Å². The summed E-state index contributed by atoms with van der Waals surface area (Å²) < 4.78 is 13.9. The number of amides is 1. The van der Waals surface area contributed by atoms with Crippen LogP contribution in [-0.4, -0.2) is 37.0 Å². The molecule has 1 aliphatic heterocycles. The van der Waals surface area contributed by atoms with Crippen molar-refractivity contribution in [1.29, 1.82) is 0 Å². The summed E-state index contributed by atoms with van der Waals surface area (Å²) in [5.74, 6) is -0.903. The highest BCUT2D eigenvalue weighted by Crippen LogP contribution is 2.23. The summed E-state index contributed by atoms with van der Waals surface area (Å²) in [6.07, 6.45) is 0. The Bertz CT molecular complexity index is 689. The van der Waals surface area contributed by atoms with Crippen molar-refractivity contribution in [2.24, 2.45) is 0 Å². The molecule has 0 atom stereocenters. The molecule has 0 radical (unpaired) electrons. The van der Waals surface area contributed by atoms with E-state index in [1.54, 1.807) is 11.0 Å². The normalized spacial score (nSPS) is 14.9. The minimum absolute atomic E-state index is 0.0297. The number of rotatable bonds is 2. The number of nitrogens with zero attached hydrogens (tertiary/aromatic N) is 2. The van der Waals surface area contributed by atoms with E-state index >= 15 is 0 Å². The number of carbonyl (C=O) groups excluding carboxylic acids is 1. The van der Waals surface area contributed by atoms with Gasteiger partial charge in [0.05, 0.1) is 10.6 Å². The molecule has 0 saturated carbocycles. The van der Waals surface area contributed by atoms with Crippen molar-refractivity contribution in [3.8, 4) is 0 Å². The van der Waals surface area contributed by atoms with Crippen molar-refractivity contribution >= 4 is 23.2 Å². The van der Waals surface area contributed by atoms with Crippen LogP contribution in [-0.2, 0) is 0 Å². The van der Waals surface area contributed by atoms with Crippen LogP contribution >= 0.6 is 11.6 Å². The van der Waals surface area contributed by atoms with Gasteiger partial charge in [-0.25, -0.2) is 4.39 Å². The molecule has 120 valence electrons. The van der Waals surface area contributed by atoms with Crippen molar-refractivity contribution < 1.29 is 9.18 Å². The lowest BCUT2D eigenvalue weighted by Crippen LogP contribution is -2.49. The van der Waals surface area contributed by atoms with Crippen molar-refractivity contribution in [3.63, 3.8) is 0 Å². The molecule has 0 bridgehead atoms. The molecular weight excluding hydrogens is 315 g/mol. The van der Waals surface area contributed by atoms with E-state index in [-0.39, 0.29) is 16.5 Å². The summed E-state index contributed by atoms with van der Waals surface area (Å²) in [5.41, 5.74) is 2.33. The van der Waals surface area contributed by atoms with Crippen LogP contribution in [0.3, 0.4) is 0 Å². The molecule has 1 amide bonds. The lowest BCUT2D eigenvalue weighted by Gasteiger charge is -2.36. The van der Waals surface area contributed by atoms with E-state index < -0.39 is 5.82 Å². The quantitative estimate of drug-likeness (QED) is 0.836. The second-order valence-corrected chi connectivity index (χ2v) is 6.12. The molecule has 2 aromatic rings. The zero-order chi connectivity index (χ0) is 16.4. The topological polar surface area (TPSA) is 23.6 Å². The van der Waals surface area contributed by atoms with Gasteiger partial charge in [-0.1, -0.05) is 35.4 Å². The lowest BCUT2D eigenvalue weighted by atomic mass is 10.1. The Kier molecular flexibility index (Phi) is 4.53. The first-order chi connectivity index (χ1) is 11.1. The standard InChI is InChI=1S/C18H18ClFN2O/c1-13-5-7-14(8-6-13)21-9-11-22(12-10-21)18(23)17-15(19)3-2-4-16(17)20/h2-8H,9-12H2,1H3. The average Bonchev–Trinajstić information content (AvgIpc) is 2.55. The highest BCUT2D eigenvalue weighted by molar-refractivity contribution is 6.33. The van der Waals surface area contributed by atoms with Gasteiger partial charge >= 0.3 is 0 Å². The number of anilines is 1. The Morgan fingerprint density at radius 1 is 1.04 bits per heavy atom. The van der Waals surface area contributed by atoms with Crippen molar-refractivity contribution in [2.45, 2.75) is 6.92 Å². The molecule has 5 heteroatoms. The summed E-state index contributed by atoms with van der Waals surface area (Å²) in [6.45, 7) is 4.61. The van der Waals surface area contributed by atoms with Gasteiger partial charge in [0.1, 0.15) is 5.82 Å². The van der Waals surface area contributed by atoms with E-state index in [4.69, 9.17) is 11.6 Å². The maximum absolute atomic E-state index is 13.9. The number of hydrogen-bond donors (Lipinski definition) is 0. The van der Waals surface area contributed by atoms with Crippen LogP contribution in [0.5, 0.6) is 0 Å². The first-order valence-electron chi connectivity index (χ1n) is 7.61. The van der Waals surface area contributed by atoms with Gasteiger partial charge in [0.2, 0.25) is 0 Å². The number of halogens is 2. The second-order valence-electron chi connectivity index (χ2n) is 5.71. The average molecular weight is 333 g/mol. The predicted molar refractivity (Wildman–Crippen MR) is 90.7 cm³/mol. The largest absolute Gasteiger partial charge is 0.368 e. The maximum Gasteiger partial charge on any atom is 0.258 e. The second kappa shape index (κ2) is 6.59. The third-order valence-electron chi connectivity index (χ3n) is 4.14. The van der Waals surface area contributed by atoms with E-state index in [0.717, 1.165) is 18.8 Å². The van der Waals surface area contributed by atoms with Crippen molar-refractivity contribution in [3.05, 3.63) is 64.4 Å². The van der Waals surface area contributed by atoms with Crippen LogP contribution in [0.15, 0.2) is 42.5 Å². The first kappa shape index (κ1) is 15.8. The zero-order valence-corrected chi connectivity index (χ0v) is 13.7. The van der Waals surface area contributed by atoms with Crippen LogP contribution in [0.4, 0.5) is 10.1 Å². The molecule has 0 aromatic heterocycles. The molecule has 1 heterocycles. The smallest absolute Gasteiger partial charge is 0.258 e. The Morgan fingerprint density at radius 3 is 2.30 bits per heavy atom. The summed E-state index contributed by atoms with van der Waals surface area (Å²) in [6, 6.07) is 12.6. The lowest BCUT2D eigenvalue weighted by molar-refractivity contribution is 0.0742. The van der Waals surface area contributed by atoms with E-state index in [1.165, 1.54) is 17.7 Å². The fourth-order valence-electron chi connectivity index (χ4n) is 2.78. The van der Waals surface area contributed by atoms with E-state index in [2.05, 4.69) is 36.1 Å². The third kappa shape index (κ3) is 3.32. The van der Waals surface area contributed by atoms with E-state index in [0.29, 0.717) is 13.1 Å².